The highest BCUT2D eigenvalue weighted by Gasteiger charge is 2.04. The molecule has 1 aromatic rings. The van der Waals surface area contributed by atoms with Crippen LogP contribution in [0.15, 0.2) is 24.3 Å². The molecule has 0 saturated heterocycles. The number of rotatable bonds is 6. The largest absolute Gasteiger partial charge is 0.478 e. The molecule has 1 rings (SSSR count). The quantitative estimate of drug-likeness (QED) is 0.573. The molecule has 0 heterocycles. The van der Waals surface area contributed by atoms with Crippen LogP contribution in [0, 0.1) is 0 Å². The Bertz CT molecular complexity index is 353. The van der Waals surface area contributed by atoms with Gasteiger partial charge in [-0.25, -0.2) is 9.59 Å². The molecule has 0 fully saturated rings. The molecule has 0 aromatic heterocycles. The van der Waals surface area contributed by atoms with E-state index in [4.69, 9.17) is 21.7 Å². The van der Waals surface area contributed by atoms with Gasteiger partial charge in [-0.2, -0.15) is 0 Å². The molecule has 19 heavy (non-hydrogen) atoms. The predicted octanol–water partition coefficient (Wildman–Crippen LogP) is 1.16. The van der Waals surface area contributed by atoms with Gasteiger partial charge < -0.3 is 21.7 Å². The van der Waals surface area contributed by atoms with Gasteiger partial charge in [0, 0.05) is 0 Å². The zero-order valence-electron chi connectivity index (χ0n) is 10.7. The lowest BCUT2D eigenvalue weighted by Crippen LogP contribution is -2.02. The van der Waals surface area contributed by atoms with Gasteiger partial charge in [0.2, 0.25) is 0 Å². The molecule has 0 aliphatic carbocycles. The summed E-state index contributed by atoms with van der Waals surface area (Å²) in [6, 6.07) is 5.02. The third-order valence-corrected chi connectivity index (χ3v) is 2.29. The maximum absolute atomic E-state index is 10.3. The predicted molar refractivity (Wildman–Crippen MR) is 72.3 cm³/mol. The third-order valence-electron chi connectivity index (χ3n) is 2.29. The molecule has 0 aliphatic rings. The molecule has 0 amide bonds. The van der Waals surface area contributed by atoms with Crippen LogP contribution in [0.3, 0.4) is 0 Å². The van der Waals surface area contributed by atoms with Gasteiger partial charge in [0.05, 0.1) is 11.1 Å². The number of aromatic carboxylic acids is 2. The number of benzene rings is 1. The van der Waals surface area contributed by atoms with Gasteiger partial charge in [-0.3, -0.25) is 0 Å². The van der Waals surface area contributed by atoms with E-state index in [1.54, 1.807) is 0 Å². The number of carboxylic acid groups (broad SMARTS) is 2. The summed E-state index contributed by atoms with van der Waals surface area (Å²) in [6.07, 6.45) is 3.43. The van der Waals surface area contributed by atoms with Crippen LogP contribution in [-0.4, -0.2) is 35.2 Å². The van der Waals surface area contributed by atoms with Gasteiger partial charge in [0.1, 0.15) is 0 Å². The molecular weight excluding hydrogens is 248 g/mol. The van der Waals surface area contributed by atoms with Gasteiger partial charge in [0.25, 0.3) is 0 Å². The summed E-state index contributed by atoms with van der Waals surface area (Å²) in [6.45, 7) is 1.61. The van der Waals surface area contributed by atoms with Crippen molar-refractivity contribution in [2.45, 2.75) is 19.3 Å². The topological polar surface area (TPSA) is 127 Å². The van der Waals surface area contributed by atoms with Crippen LogP contribution in [-0.2, 0) is 0 Å². The minimum atomic E-state index is -1.06. The summed E-state index contributed by atoms with van der Waals surface area (Å²) in [5, 5.41) is 16.9. The fourth-order valence-electron chi connectivity index (χ4n) is 1.22. The highest BCUT2D eigenvalue weighted by atomic mass is 16.4. The van der Waals surface area contributed by atoms with Gasteiger partial charge in [-0.15, -0.1) is 0 Å². The summed E-state index contributed by atoms with van der Waals surface area (Å²) >= 11 is 0. The number of hydrogen-bond acceptors (Lipinski definition) is 4. The van der Waals surface area contributed by atoms with Crippen molar-refractivity contribution >= 4 is 11.9 Å². The standard InChI is InChI=1S/C8H6O4.C5H14N2/c9-7(10)5-1-2-6(4-3-5)8(11)12;6-4-2-1-3-5-7/h1-4H,(H,9,10)(H,11,12);1-7H2. The van der Waals surface area contributed by atoms with E-state index in [9.17, 15) is 9.59 Å². The van der Waals surface area contributed by atoms with Crippen LogP contribution < -0.4 is 11.5 Å². The Kier molecular flexibility index (Phi) is 9.03. The average molecular weight is 268 g/mol. The minimum Gasteiger partial charge on any atom is -0.478 e. The van der Waals surface area contributed by atoms with E-state index >= 15 is 0 Å². The van der Waals surface area contributed by atoms with E-state index in [0.29, 0.717) is 0 Å². The summed E-state index contributed by atoms with van der Waals surface area (Å²) in [5.74, 6) is -2.13. The van der Waals surface area contributed by atoms with Crippen molar-refractivity contribution in [2.24, 2.45) is 11.5 Å². The monoisotopic (exact) mass is 268 g/mol. The first-order chi connectivity index (χ1) is 9.02. The maximum atomic E-state index is 10.3. The zero-order valence-corrected chi connectivity index (χ0v) is 10.7. The fraction of sp³-hybridized carbons (Fsp3) is 0.385. The summed E-state index contributed by atoms with van der Waals surface area (Å²) in [7, 11) is 0. The Labute approximate surface area is 112 Å². The number of carboxylic acids is 2. The highest BCUT2D eigenvalue weighted by molar-refractivity contribution is 5.91. The fourth-order valence-corrected chi connectivity index (χ4v) is 1.22. The molecule has 0 saturated carbocycles. The van der Waals surface area contributed by atoms with Crippen molar-refractivity contribution in [3.8, 4) is 0 Å². The molecule has 0 spiro atoms. The summed E-state index contributed by atoms with van der Waals surface area (Å²) < 4.78 is 0. The number of hydrogen-bond donors (Lipinski definition) is 4. The lowest BCUT2D eigenvalue weighted by atomic mass is 10.1. The first-order valence-electron chi connectivity index (χ1n) is 5.99. The smallest absolute Gasteiger partial charge is 0.335 e. The van der Waals surface area contributed by atoms with E-state index in [1.807, 2.05) is 0 Å². The second-order valence-corrected chi connectivity index (χ2v) is 3.83. The lowest BCUT2D eigenvalue weighted by Gasteiger charge is -1.94. The second kappa shape index (κ2) is 10.0. The molecule has 6 N–H and O–H groups in total. The van der Waals surface area contributed by atoms with E-state index < -0.39 is 11.9 Å². The molecular formula is C13H20N2O4. The first kappa shape index (κ1) is 17.1. The third kappa shape index (κ3) is 7.91. The van der Waals surface area contributed by atoms with E-state index in [2.05, 4.69) is 0 Å². The minimum absolute atomic E-state index is 0.0833. The molecule has 6 heteroatoms. The number of carbonyl (C=O) groups is 2. The van der Waals surface area contributed by atoms with Crippen molar-refractivity contribution in [3.05, 3.63) is 35.4 Å². The zero-order chi connectivity index (χ0) is 14.7. The van der Waals surface area contributed by atoms with Crippen molar-refractivity contribution < 1.29 is 19.8 Å². The Balaban J connectivity index is 0.000000399. The van der Waals surface area contributed by atoms with Crippen molar-refractivity contribution in [1.82, 2.24) is 0 Å². The van der Waals surface area contributed by atoms with Crippen molar-refractivity contribution in [1.29, 1.82) is 0 Å². The molecule has 1 aromatic carbocycles. The highest BCUT2D eigenvalue weighted by Crippen LogP contribution is 2.03. The molecule has 0 radical (unpaired) electrons. The molecule has 0 atom stereocenters. The Hall–Kier alpha value is -1.92. The Morgan fingerprint density at radius 2 is 1.11 bits per heavy atom. The first-order valence-corrected chi connectivity index (χ1v) is 5.99. The van der Waals surface area contributed by atoms with E-state index in [0.717, 1.165) is 25.9 Å². The average Bonchev–Trinajstić information content (AvgIpc) is 2.40. The van der Waals surface area contributed by atoms with Gasteiger partial charge in [0.15, 0.2) is 0 Å². The SMILES string of the molecule is NCCCCCN.O=C(O)c1ccc(C(=O)O)cc1. The van der Waals surface area contributed by atoms with E-state index in [-0.39, 0.29) is 11.1 Å². The number of unbranched alkanes of at least 4 members (excludes halogenated alkanes) is 2. The molecule has 0 bridgehead atoms. The Morgan fingerprint density at radius 1 is 0.789 bits per heavy atom. The Morgan fingerprint density at radius 3 is 1.32 bits per heavy atom. The van der Waals surface area contributed by atoms with Gasteiger partial charge >= 0.3 is 11.9 Å². The molecule has 6 nitrogen and oxygen atoms in total. The molecule has 0 unspecified atom stereocenters. The van der Waals surface area contributed by atoms with Crippen LogP contribution in [0.25, 0.3) is 0 Å². The molecule has 106 valence electrons. The van der Waals surface area contributed by atoms with Crippen molar-refractivity contribution in [3.63, 3.8) is 0 Å². The summed E-state index contributed by atoms with van der Waals surface area (Å²) in [4.78, 5) is 20.7. The number of nitrogens with two attached hydrogens (primary N) is 2. The summed E-state index contributed by atoms with van der Waals surface area (Å²) in [5.41, 5.74) is 10.6. The normalized spacial score (nSPS) is 9.37. The van der Waals surface area contributed by atoms with Crippen LogP contribution in [0.2, 0.25) is 0 Å². The van der Waals surface area contributed by atoms with Crippen LogP contribution >= 0.6 is 0 Å². The maximum Gasteiger partial charge on any atom is 0.335 e. The van der Waals surface area contributed by atoms with Gasteiger partial charge in [-0.1, -0.05) is 6.42 Å². The van der Waals surface area contributed by atoms with Gasteiger partial charge in [-0.05, 0) is 50.2 Å². The lowest BCUT2D eigenvalue weighted by molar-refractivity contribution is 0.0681. The second-order valence-electron chi connectivity index (χ2n) is 3.83. The van der Waals surface area contributed by atoms with Crippen LogP contribution in [0.1, 0.15) is 40.0 Å². The van der Waals surface area contributed by atoms with Crippen LogP contribution in [0.4, 0.5) is 0 Å². The van der Waals surface area contributed by atoms with E-state index in [1.165, 1.54) is 30.7 Å². The van der Waals surface area contributed by atoms with Crippen molar-refractivity contribution in [2.75, 3.05) is 13.1 Å². The molecule has 0 aliphatic heterocycles. The van der Waals surface area contributed by atoms with Crippen LogP contribution in [0.5, 0.6) is 0 Å².